The van der Waals surface area contributed by atoms with Crippen LogP contribution in [0.15, 0.2) is 0 Å². The highest BCUT2D eigenvalue weighted by Crippen LogP contribution is 2.19. The van der Waals surface area contributed by atoms with Crippen molar-refractivity contribution in [2.75, 3.05) is 32.6 Å². The summed E-state index contributed by atoms with van der Waals surface area (Å²) in [6.07, 6.45) is 0. The van der Waals surface area contributed by atoms with Gasteiger partial charge in [0.05, 0.1) is 6.61 Å². The lowest BCUT2D eigenvalue weighted by Crippen LogP contribution is -2.54. The molecule has 6 heteroatoms. The predicted octanol–water partition coefficient (Wildman–Crippen LogP) is -0.571. The Morgan fingerprint density at radius 1 is 1.80 bits per heavy atom. The molecule has 0 aliphatic carbocycles. The lowest BCUT2D eigenvalue weighted by molar-refractivity contribution is -0.128. The largest absolute Gasteiger partial charge is 0.383 e. The van der Waals surface area contributed by atoms with Crippen molar-refractivity contribution in [1.82, 2.24) is 10.3 Å². The van der Waals surface area contributed by atoms with Gasteiger partial charge >= 0.3 is 0 Å². The number of hydrogen-bond acceptors (Lipinski definition) is 5. The maximum Gasteiger partial charge on any atom is 0.253 e. The van der Waals surface area contributed by atoms with Gasteiger partial charge in [0.15, 0.2) is 0 Å². The highest BCUT2D eigenvalue weighted by molar-refractivity contribution is 7.99. The summed E-state index contributed by atoms with van der Waals surface area (Å²) >= 11 is 1.93. The van der Waals surface area contributed by atoms with E-state index in [1.807, 2.05) is 11.8 Å². The zero-order valence-corrected chi connectivity index (χ0v) is 10.0. The van der Waals surface area contributed by atoms with Gasteiger partial charge < -0.3 is 4.74 Å². The maximum absolute atomic E-state index is 11.5. The number of thioether (sulfide) groups is 1. The average molecular weight is 233 g/mol. The van der Waals surface area contributed by atoms with Gasteiger partial charge in [0.1, 0.15) is 6.04 Å². The van der Waals surface area contributed by atoms with E-state index in [9.17, 15) is 4.79 Å². The van der Waals surface area contributed by atoms with Gasteiger partial charge in [0, 0.05) is 31.2 Å². The second-order valence-electron chi connectivity index (χ2n) is 3.66. The molecule has 15 heavy (non-hydrogen) atoms. The maximum atomic E-state index is 11.5. The molecule has 1 fully saturated rings. The fraction of sp³-hybridized carbons (Fsp3) is 0.889. The average Bonchev–Trinajstić information content (AvgIpc) is 2.25. The Balaban J connectivity index is 2.57. The number of nitrogens with one attached hydrogen (secondary N) is 1. The fourth-order valence-electron chi connectivity index (χ4n) is 1.73. The van der Waals surface area contributed by atoms with Crippen LogP contribution in [-0.2, 0) is 9.53 Å². The third-order valence-corrected chi connectivity index (χ3v) is 3.62. The zero-order chi connectivity index (χ0) is 11.3. The molecule has 2 atom stereocenters. The third kappa shape index (κ3) is 3.64. The van der Waals surface area contributed by atoms with Crippen LogP contribution in [0.3, 0.4) is 0 Å². The minimum atomic E-state index is -0.261. The number of hydrazine groups is 1. The predicted molar refractivity (Wildman–Crippen MR) is 61.5 cm³/mol. The van der Waals surface area contributed by atoms with Crippen LogP contribution >= 0.6 is 11.8 Å². The van der Waals surface area contributed by atoms with Crippen LogP contribution < -0.4 is 11.3 Å². The second-order valence-corrected chi connectivity index (χ2v) is 5.20. The third-order valence-electron chi connectivity index (χ3n) is 2.48. The van der Waals surface area contributed by atoms with Gasteiger partial charge in [0.2, 0.25) is 0 Å². The van der Waals surface area contributed by atoms with E-state index in [0.717, 1.165) is 18.8 Å². The fourth-order valence-corrected chi connectivity index (χ4v) is 2.77. The molecular weight excluding hydrogens is 214 g/mol. The molecule has 0 bridgehead atoms. The monoisotopic (exact) mass is 233 g/mol. The smallest absolute Gasteiger partial charge is 0.253 e. The highest BCUT2D eigenvalue weighted by atomic mass is 32.2. The van der Waals surface area contributed by atoms with E-state index in [2.05, 4.69) is 17.2 Å². The second kappa shape index (κ2) is 6.32. The van der Waals surface area contributed by atoms with Gasteiger partial charge in [-0.1, -0.05) is 6.92 Å². The van der Waals surface area contributed by atoms with Crippen molar-refractivity contribution in [3.63, 3.8) is 0 Å². The Bertz CT molecular complexity index is 216. The van der Waals surface area contributed by atoms with Crippen molar-refractivity contribution in [2.24, 2.45) is 5.84 Å². The molecule has 1 aliphatic rings. The Labute approximate surface area is 94.7 Å². The Morgan fingerprint density at radius 3 is 3.07 bits per heavy atom. The van der Waals surface area contributed by atoms with E-state index >= 15 is 0 Å². The number of nitrogens with two attached hydrogens (primary N) is 1. The molecule has 0 spiro atoms. The van der Waals surface area contributed by atoms with Crippen LogP contribution in [0.5, 0.6) is 0 Å². The molecule has 1 amide bonds. The SMILES string of the molecule is COCC(C(=O)NN)N1CCSC(C)C1. The van der Waals surface area contributed by atoms with Gasteiger partial charge in [-0.25, -0.2) is 5.84 Å². The summed E-state index contributed by atoms with van der Waals surface area (Å²) < 4.78 is 5.05. The van der Waals surface area contributed by atoms with Crippen LogP contribution in [0.4, 0.5) is 0 Å². The van der Waals surface area contributed by atoms with E-state index in [1.165, 1.54) is 0 Å². The first-order valence-electron chi connectivity index (χ1n) is 5.04. The van der Waals surface area contributed by atoms with Crippen LogP contribution in [0.1, 0.15) is 6.92 Å². The first-order valence-corrected chi connectivity index (χ1v) is 6.09. The molecule has 3 N–H and O–H groups in total. The number of carbonyl (C=O) groups is 1. The Hall–Kier alpha value is -0.300. The normalized spacial score (nSPS) is 24.9. The molecule has 5 nitrogen and oxygen atoms in total. The van der Waals surface area contributed by atoms with Crippen LogP contribution in [-0.4, -0.2) is 54.7 Å². The highest BCUT2D eigenvalue weighted by Gasteiger charge is 2.28. The molecule has 1 rings (SSSR count). The van der Waals surface area contributed by atoms with E-state index in [0.29, 0.717) is 11.9 Å². The molecule has 1 saturated heterocycles. The summed E-state index contributed by atoms with van der Waals surface area (Å²) in [5, 5.41) is 0.559. The summed E-state index contributed by atoms with van der Waals surface area (Å²) in [5.74, 6) is 6.04. The van der Waals surface area contributed by atoms with Gasteiger partial charge in [-0.05, 0) is 0 Å². The van der Waals surface area contributed by atoms with Crippen molar-refractivity contribution in [3.8, 4) is 0 Å². The molecule has 0 radical (unpaired) electrons. The molecule has 0 aromatic rings. The lowest BCUT2D eigenvalue weighted by Gasteiger charge is -2.35. The van der Waals surface area contributed by atoms with Crippen molar-refractivity contribution in [3.05, 3.63) is 0 Å². The zero-order valence-electron chi connectivity index (χ0n) is 9.23. The summed E-state index contributed by atoms with van der Waals surface area (Å²) in [4.78, 5) is 13.7. The summed E-state index contributed by atoms with van der Waals surface area (Å²) in [6, 6.07) is -0.261. The molecule has 0 aromatic heterocycles. The summed E-state index contributed by atoms with van der Waals surface area (Å²) in [6.45, 7) is 4.38. The molecule has 2 unspecified atom stereocenters. The number of carbonyl (C=O) groups excluding carboxylic acids is 1. The van der Waals surface area contributed by atoms with E-state index in [4.69, 9.17) is 10.6 Å². The first kappa shape index (κ1) is 12.8. The minimum absolute atomic E-state index is 0.170. The lowest BCUT2D eigenvalue weighted by atomic mass is 10.2. The molecule has 88 valence electrons. The van der Waals surface area contributed by atoms with E-state index in [-0.39, 0.29) is 11.9 Å². The van der Waals surface area contributed by atoms with Crippen LogP contribution in [0.2, 0.25) is 0 Å². The summed E-state index contributed by atoms with van der Waals surface area (Å²) in [5.41, 5.74) is 2.19. The van der Waals surface area contributed by atoms with Crippen molar-refractivity contribution in [1.29, 1.82) is 0 Å². The molecular formula is C9H19N3O2S. The molecule has 1 aliphatic heterocycles. The number of ether oxygens (including phenoxy) is 1. The molecule has 0 saturated carbocycles. The Kier molecular flexibility index (Phi) is 5.38. The van der Waals surface area contributed by atoms with Gasteiger partial charge in [-0.15, -0.1) is 0 Å². The standard InChI is InChI=1S/C9H19N3O2S/c1-7-5-12(3-4-15-7)8(6-14-2)9(13)11-10/h7-8H,3-6,10H2,1-2H3,(H,11,13). The number of hydrogen-bond donors (Lipinski definition) is 2. The number of amides is 1. The first-order chi connectivity index (χ1) is 7.19. The summed E-state index contributed by atoms with van der Waals surface area (Å²) in [7, 11) is 1.60. The minimum Gasteiger partial charge on any atom is -0.383 e. The molecule has 1 heterocycles. The van der Waals surface area contributed by atoms with Gasteiger partial charge in [-0.3, -0.25) is 15.1 Å². The quantitative estimate of drug-likeness (QED) is 0.387. The van der Waals surface area contributed by atoms with E-state index < -0.39 is 0 Å². The topological polar surface area (TPSA) is 67.6 Å². The van der Waals surface area contributed by atoms with Gasteiger partial charge in [-0.2, -0.15) is 11.8 Å². The van der Waals surface area contributed by atoms with Crippen molar-refractivity contribution < 1.29 is 9.53 Å². The van der Waals surface area contributed by atoms with E-state index in [1.54, 1.807) is 7.11 Å². The van der Waals surface area contributed by atoms with Crippen molar-refractivity contribution >= 4 is 17.7 Å². The van der Waals surface area contributed by atoms with Crippen LogP contribution in [0, 0.1) is 0 Å². The molecule has 0 aromatic carbocycles. The van der Waals surface area contributed by atoms with Gasteiger partial charge in [0.25, 0.3) is 5.91 Å². The number of rotatable bonds is 4. The number of methoxy groups -OCH3 is 1. The van der Waals surface area contributed by atoms with Crippen molar-refractivity contribution in [2.45, 2.75) is 18.2 Å². The Morgan fingerprint density at radius 2 is 2.53 bits per heavy atom. The van der Waals surface area contributed by atoms with Crippen LogP contribution in [0.25, 0.3) is 0 Å². The number of nitrogens with zero attached hydrogens (tertiary/aromatic N) is 1.